The molecule has 17 nitrogen and oxygen atoms in total. The van der Waals surface area contributed by atoms with E-state index < -0.39 is 31.8 Å². The van der Waals surface area contributed by atoms with Gasteiger partial charge < -0.3 is 20.7 Å². The van der Waals surface area contributed by atoms with Crippen LogP contribution in [0.15, 0.2) is 85.0 Å². The molecule has 0 saturated carbocycles. The van der Waals surface area contributed by atoms with Gasteiger partial charge in [0, 0.05) is 60.5 Å². The van der Waals surface area contributed by atoms with Crippen molar-refractivity contribution in [2.45, 2.75) is 72.9 Å². The van der Waals surface area contributed by atoms with Crippen LogP contribution in [0.5, 0.6) is 5.75 Å². The second-order valence-electron chi connectivity index (χ2n) is 15.3. The summed E-state index contributed by atoms with van der Waals surface area (Å²) in [6.45, 7) is 10.3. The number of carbonyl (C=O) groups excluding carboxylic acids is 1. The number of nitrogens with zero attached hydrogens (tertiary/aromatic N) is 12. The summed E-state index contributed by atoms with van der Waals surface area (Å²) in [4.78, 5) is 49.4. The van der Waals surface area contributed by atoms with E-state index in [0.29, 0.717) is 99.5 Å². The third kappa shape index (κ3) is 11.7. The van der Waals surface area contributed by atoms with Crippen molar-refractivity contribution in [3.63, 3.8) is 0 Å². The highest BCUT2D eigenvalue weighted by Crippen LogP contribution is 2.38. The van der Waals surface area contributed by atoms with Crippen LogP contribution in [0, 0.1) is 27.7 Å². The largest absolute Gasteiger partial charge is 0.494 e. The Morgan fingerprint density at radius 2 is 1.70 bits per heavy atom. The van der Waals surface area contributed by atoms with Crippen LogP contribution in [0.2, 0.25) is 0 Å². The van der Waals surface area contributed by atoms with E-state index in [1.54, 1.807) is 49.4 Å². The first-order valence-electron chi connectivity index (χ1n) is 21.0. The number of nitrogens with one attached hydrogen (secondary N) is 3. The van der Waals surface area contributed by atoms with Crippen molar-refractivity contribution in [1.29, 1.82) is 0 Å². The topological polar surface area (TPSA) is 201 Å². The minimum absolute atomic E-state index is 0.182. The van der Waals surface area contributed by atoms with E-state index in [4.69, 9.17) is 14.7 Å². The van der Waals surface area contributed by atoms with Crippen LogP contribution in [0.25, 0.3) is 22.8 Å². The molecular formula is C46H47F4N15O2. The van der Waals surface area contributed by atoms with Gasteiger partial charge in [-0.3, -0.25) is 4.79 Å². The number of hydrogen-bond donors (Lipinski definition) is 3. The van der Waals surface area contributed by atoms with E-state index in [0.717, 1.165) is 21.4 Å². The molecular weight excluding hydrogens is 871 g/mol. The van der Waals surface area contributed by atoms with Crippen molar-refractivity contribution in [3.05, 3.63) is 125 Å². The number of ether oxygens (including phenoxy) is 1. The molecule has 0 bridgehead atoms. The van der Waals surface area contributed by atoms with Crippen molar-refractivity contribution in [2.24, 2.45) is 4.99 Å². The fourth-order valence-corrected chi connectivity index (χ4v) is 7.26. The molecule has 5 heterocycles. The lowest BCUT2D eigenvalue weighted by Crippen LogP contribution is -2.19. The monoisotopic (exact) mass is 917 g/mol. The summed E-state index contributed by atoms with van der Waals surface area (Å²) in [6, 6.07) is 14.3. The highest BCUT2D eigenvalue weighted by molar-refractivity contribution is 6.01. The molecule has 0 atom stereocenters. The number of benzene rings is 2. The molecule has 3 N–H and O–H groups in total. The first-order chi connectivity index (χ1) is 32.2. The van der Waals surface area contributed by atoms with Crippen LogP contribution in [0.4, 0.5) is 46.4 Å². The molecule has 0 saturated heterocycles. The standard InChI is InChI=1S/C46H47F4N15O2/c1-8-30(59-40-15-26(3)56-41(62-40)17-29-14-25(2)27(4)33(16-29)45-53-23-55-65(45)22-38(49)50)12-13-31-18-42(58-28(5)57-31)61-39-19-36(34(20-52-39)46(66)51-6)60-35-11-9-10-32(43(35)67-7)44-54-24-64(63-44)21-37(47)48/h8-11,14-16,18-20,23-24,37-38H,1,12-13,17,21-22H2,2-7H3,(H,51,66)(H2,52,57,58,60,61). The van der Waals surface area contributed by atoms with Crippen molar-refractivity contribution in [2.75, 3.05) is 24.8 Å². The van der Waals surface area contributed by atoms with Crippen molar-refractivity contribution in [3.8, 4) is 28.5 Å². The van der Waals surface area contributed by atoms with E-state index in [-0.39, 0.29) is 11.4 Å². The molecule has 7 rings (SSSR count). The number of aromatic nitrogens is 11. The predicted molar refractivity (Wildman–Crippen MR) is 245 cm³/mol. The van der Waals surface area contributed by atoms with Crippen LogP contribution in [-0.4, -0.2) is 93.1 Å². The number of aryl methyl sites for hydroxylation is 4. The first kappa shape index (κ1) is 47.0. The van der Waals surface area contributed by atoms with E-state index in [9.17, 15) is 22.4 Å². The fourth-order valence-electron chi connectivity index (χ4n) is 7.26. The maximum Gasteiger partial charge on any atom is 0.258 e. The zero-order chi connectivity index (χ0) is 47.8. The minimum atomic E-state index is -2.60. The molecule has 21 heteroatoms. The van der Waals surface area contributed by atoms with Crippen LogP contribution in [0.3, 0.4) is 0 Å². The third-order valence-electron chi connectivity index (χ3n) is 10.4. The number of pyridine rings is 1. The predicted octanol–water partition coefficient (Wildman–Crippen LogP) is 8.28. The zero-order valence-electron chi connectivity index (χ0n) is 37.5. The highest BCUT2D eigenvalue weighted by Gasteiger charge is 2.20. The van der Waals surface area contributed by atoms with E-state index in [1.165, 1.54) is 37.7 Å². The third-order valence-corrected chi connectivity index (χ3v) is 10.4. The summed E-state index contributed by atoms with van der Waals surface area (Å²) in [7, 11) is 2.96. The smallest absolute Gasteiger partial charge is 0.258 e. The summed E-state index contributed by atoms with van der Waals surface area (Å²) in [6.07, 6.45) is 1.71. The van der Waals surface area contributed by atoms with Gasteiger partial charge in [-0.1, -0.05) is 18.7 Å². The molecule has 0 fully saturated rings. The van der Waals surface area contributed by atoms with Gasteiger partial charge in [0.1, 0.15) is 49.0 Å². The number of halogens is 4. The molecule has 0 aliphatic heterocycles. The van der Waals surface area contributed by atoms with Crippen LogP contribution in [-0.2, 0) is 25.9 Å². The van der Waals surface area contributed by atoms with Gasteiger partial charge in [0.25, 0.3) is 18.8 Å². The Hall–Kier alpha value is -7.97. The van der Waals surface area contributed by atoms with Gasteiger partial charge in [-0.15, -0.1) is 0 Å². The Morgan fingerprint density at radius 1 is 0.896 bits per heavy atom. The summed E-state index contributed by atoms with van der Waals surface area (Å²) in [5.74, 6) is 2.77. The molecule has 0 aliphatic carbocycles. The molecule has 0 unspecified atom stereocenters. The van der Waals surface area contributed by atoms with Crippen LogP contribution in [0.1, 0.15) is 56.5 Å². The van der Waals surface area contributed by atoms with Crippen LogP contribution >= 0.6 is 0 Å². The van der Waals surface area contributed by atoms with Gasteiger partial charge >= 0.3 is 0 Å². The molecule has 346 valence electrons. The average molecular weight is 918 g/mol. The Kier molecular flexibility index (Phi) is 14.7. The SMILES string of the molecule is C=CC(CCc1cc(Nc2cc(Nc3cccc(-c4ncn(CC(F)F)n4)c3OC)c(C(=O)NC)cn2)nc(C)n1)=Nc1cc(C)nc(Cc2cc(C)c(C)c(-c3ncnn3CC(F)F)c2)n1. The normalized spacial score (nSPS) is 11.6. The molecule has 5 aromatic heterocycles. The molecule has 0 spiro atoms. The quantitative estimate of drug-likeness (QED) is 0.0518. The summed E-state index contributed by atoms with van der Waals surface area (Å²) < 4.78 is 60.6. The Labute approximate surface area is 383 Å². The second kappa shape index (κ2) is 20.9. The minimum Gasteiger partial charge on any atom is -0.494 e. The molecule has 67 heavy (non-hydrogen) atoms. The summed E-state index contributed by atoms with van der Waals surface area (Å²) >= 11 is 0. The molecule has 1 amide bonds. The number of anilines is 4. The maximum atomic E-state index is 13.3. The fraction of sp³-hybridized carbons (Fsp3) is 0.283. The van der Waals surface area contributed by atoms with Crippen molar-refractivity contribution >= 4 is 40.4 Å². The number of alkyl halides is 4. The molecule has 7 aromatic rings. The van der Waals surface area contributed by atoms with Gasteiger partial charge in [0.2, 0.25) is 0 Å². The summed E-state index contributed by atoms with van der Waals surface area (Å²) in [5, 5.41) is 17.3. The van der Waals surface area contributed by atoms with Crippen LogP contribution < -0.4 is 20.7 Å². The lowest BCUT2D eigenvalue weighted by molar-refractivity contribution is 0.0963. The van der Waals surface area contributed by atoms with Gasteiger partial charge in [-0.25, -0.2) is 66.8 Å². The van der Waals surface area contributed by atoms with Gasteiger partial charge in [0.05, 0.1) is 29.6 Å². The van der Waals surface area contributed by atoms with E-state index in [1.807, 2.05) is 32.9 Å². The first-order valence-corrected chi connectivity index (χ1v) is 21.0. The number of amides is 1. The van der Waals surface area contributed by atoms with Gasteiger partial charge in [-0.05, 0) is 81.5 Å². The Balaban J connectivity index is 1.08. The number of aliphatic imine (C=N–C) groups is 1. The summed E-state index contributed by atoms with van der Waals surface area (Å²) in [5.41, 5.74) is 7.05. The molecule has 0 radical (unpaired) electrons. The maximum absolute atomic E-state index is 13.3. The lowest BCUT2D eigenvalue weighted by Gasteiger charge is -2.17. The molecule has 2 aromatic carbocycles. The number of hydrogen-bond acceptors (Lipinski definition) is 14. The van der Waals surface area contributed by atoms with Gasteiger partial charge in [0.15, 0.2) is 23.2 Å². The Bertz CT molecular complexity index is 2950. The van der Waals surface area contributed by atoms with E-state index in [2.05, 4.69) is 62.6 Å². The highest BCUT2D eigenvalue weighted by atomic mass is 19.3. The molecule has 0 aliphatic rings. The number of para-hydroxylation sites is 1. The number of allylic oxidation sites excluding steroid dienone is 1. The van der Waals surface area contributed by atoms with Gasteiger partial charge in [-0.2, -0.15) is 10.2 Å². The average Bonchev–Trinajstić information content (AvgIpc) is 3.94. The van der Waals surface area contributed by atoms with E-state index >= 15 is 0 Å². The zero-order valence-corrected chi connectivity index (χ0v) is 37.5. The second-order valence-corrected chi connectivity index (χ2v) is 15.3. The van der Waals surface area contributed by atoms with Crippen molar-refractivity contribution in [1.82, 2.24) is 59.8 Å². The number of methoxy groups -OCH3 is 1. The number of carbonyl (C=O) groups is 1. The lowest BCUT2D eigenvalue weighted by atomic mass is 9.97. The Morgan fingerprint density at radius 3 is 2.45 bits per heavy atom. The van der Waals surface area contributed by atoms with Crippen molar-refractivity contribution < 1.29 is 27.1 Å². The number of rotatable bonds is 19.